The predicted octanol–water partition coefficient (Wildman–Crippen LogP) is 7.12. The Morgan fingerprint density at radius 1 is 0.703 bits per heavy atom. The highest BCUT2D eigenvalue weighted by atomic mass is 17.3. The number of piperidine rings is 1. The zero-order valence-electron chi connectivity index (χ0n) is 44.1. The maximum Gasteiger partial charge on any atom is 0.264 e. The summed E-state index contributed by atoms with van der Waals surface area (Å²) in [5.74, 6) is -2.23. The van der Waals surface area contributed by atoms with Crippen molar-refractivity contribution in [2.24, 2.45) is 47.3 Å². The molecule has 2 aliphatic carbocycles. The van der Waals surface area contributed by atoms with Crippen LogP contribution in [0, 0.1) is 47.3 Å². The third-order valence-corrected chi connectivity index (χ3v) is 19.2. The summed E-state index contributed by atoms with van der Waals surface area (Å²) < 4.78 is 39.8. The van der Waals surface area contributed by atoms with Gasteiger partial charge in [-0.15, -0.1) is 0 Å². The van der Waals surface area contributed by atoms with Gasteiger partial charge in [0.15, 0.2) is 36.4 Å². The third kappa shape index (κ3) is 9.13. The Morgan fingerprint density at radius 3 is 1.85 bits per heavy atom. The van der Waals surface area contributed by atoms with Gasteiger partial charge in [0.05, 0.1) is 24.3 Å². The molecule has 10 aliphatic heterocycles. The van der Waals surface area contributed by atoms with Crippen LogP contribution < -0.4 is 10.6 Å². The van der Waals surface area contributed by atoms with E-state index in [1.165, 1.54) is 0 Å². The monoisotopic (exact) mass is 1030 g/mol. The fourth-order valence-electron chi connectivity index (χ4n) is 15.0. The topological polar surface area (TPSA) is 208 Å². The third-order valence-electron chi connectivity index (χ3n) is 19.2. The summed E-state index contributed by atoms with van der Waals surface area (Å²) in [6, 6.07) is 4.05. The fraction of sp³-hybridized carbons (Fsp3) is 0.800. The van der Waals surface area contributed by atoms with Gasteiger partial charge in [-0.3, -0.25) is 34.2 Å². The van der Waals surface area contributed by atoms with Gasteiger partial charge < -0.3 is 38.6 Å². The molecule has 408 valence electrons. The standard InChI is InChI=1S/C55H78N4O15/c1-31-16-18-38-33(3)48(67-50-54(38)36(31)22-24-52(5,69-50)71-73-54)65-29-27-58(28-30-66-49-34(4)39-19-17-32(2)37-23-25-53(6)70-51(68-49)55(37,39)74-72-53)43(61)15-10-8-7-9-11-26-56-40-14-12-13-35-44(40)47(64)59(46(35)63)41-20-21-42(60)57-45(41)62/h12-14,31-34,36-39,41,48-51,56H,7-11,15-30H2,1-6H3,(H,57,60,62). The molecule has 2 spiro atoms. The molecule has 12 aliphatic rings. The number of amides is 5. The van der Waals surface area contributed by atoms with Crippen LogP contribution in [0.4, 0.5) is 5.69 Å². The van der Waals surface area contributed by atoms with Crippen LogP contribution in [0.25, 0.3) is 0 Å². The van der Waals surface area contributed by atoms with Crippen LogP contribution in [-0.4, -0.2) is 126 Å². The SMILES string of the molecule is CC1CCC2C(C)C(OCCN(CCOC3OC4OC5(C)CCC6C(C)CCC(C3C)C46OO5)C(=O)CCCCCCCNc3cccc4c3C(=O)N(C3CCC(=O)NC3=O)C4=O)OC3OC4(C)CCC1C32OO4. The molecule has 2 saturated carbocycles. The molecule has 4 bridgehead atoms. The summed E-state index contributed by atoms with van der Waals surface area (Å²) in [5, 5.41) is 5.58. The normalized spacial score (nSPS) is 42.0. The molecule has 19 nitrogen and oxygen atoms in total. The lowest BCUT2D eigenvalue weighted by atomic mass is 9.58. The van der Waals surface area contributed by atoms with Crippen molar-refractivity contribution in [1.82, 2.24) is 15.1 Å². The summed E-state index contributed by atoms with van der Waals surface area (Å²) in [5.41, 5.74) is -0.354. The number of carbonyl (C=O) groups is 5. The molecule has 0 radical (unpaired) electrons. The number of ether oxygens (including phenoxy) is 6. The number of hydrogen-bond acceptors (Lipinski definition) is 16. The molecule has 10 heterocycles. The first kappa shape index (κ1) is 52.4. The number of hydrogen-bond donors (Lipinski definition) is 2. The van der Waals surface area contributed by atoms with Crippen LogP contribution in [-0.2, 0) is 62.4 Å². The fourth-order valence-corrected chi connectivity index (χ4v) is 15.0. The number of carbonyl (C=O) groups excluding carboxylic acids is 5. The molecule has 13 rings (SSSR count). The average molecular weight is 1040 g/mol. The van der Waals surface area contributed by atoms with Crippen LogP contribution >= 0.6 is 0 Å². The summed E-state index contributed by atoms with van der Waals surface area (Å²) in [6.45, 7) is 14.6. The van der Waals surface area contributed by atoms with E-state index in [9.17, 15) is 24.0 Å². The van der Waals surface area contributed by atoms with E-state index < -0.39 is 77.6 Å². The van der Waals surface area contributed by atoms with E-state index in [4.69, 9.17) is 48.0 Å². The van der Waals surface area contributed by atoms with E-state index in [1.54, 1.807) is 18.2 Å². The van der Waals surface area contributed by atoms with Gasteiger partial charge in [-0.2, -0.15) is 0 Å². The van der Waals surface area contributed by atoms with E-state index in [0.29, 0.717) is 50.0 Å². The molecule has 19 heteroatoms. The van der Waals surface area contributed by atoms with Crippen molar-refractivity contribution in [2.45, 2.75) is 198 Å². The Morgan fingerprint density at radius 2 is 1.27 bits per heavy atom. The lowest BCUT2D eigenvalue weighted by Crippen LogP contribution is -2.70. The van der Waals surface area contributed by atoms with Crippen LogP contribution in [0.15, 0.2) is 18.2 Å². The van der Waals surface area contributed by atoms with Gasteiger partial charge in [0, 0.05) is 74.7 Å². The number of unbranched alkanes of at least 4 members (excludes halogenated alkanes) is 4. The van der Waals surface area contributed by atoms with Crippen molar-refractivity contribution in [3.63, 3.8) is 0 Å². The summed E-state index contributed by atoms with van der Waals surface area (Å²) >= 11 is 0. The van der Waals surface area contributed by atoms with Gasteiger partial charge in [-0.25, -0.2) is 19.6 Å². The van der Waals surface area contributed by atoms with Gasteiger partial charge in [0.1, 0.15) is 6.04 Å². The van der Waals surface area contributed by atoms with Crippen LogP contribution in [0.2, 0.25) is 0 Å². The largest absolute Gasteiger partial charge is 0.384 e. The first-order valence-electron chi connectivity index (χ1n) is 28.1. The molecule has 17 atom stereocenters. The molecular weight excluding hydrogens is 957 g/mol. The molecule has 1 aromatic rings. The van der Waals surface area contributed by atoms with E-state index >= 15 is 0 Å². The van der Waals surface area contributed by atoms with Gasteiger partial charge in [-0.1, -0.05) is 53.0 Å². The predicted molar refractivity (Wildman–Crippen MR) is 261 cm³/mol. The molecular formula is C55H78N4O15. The number of nitrogens with one attached hydrogen (secondary N) is 2. The lowest BCUT2D eigenvalue weighted by molar-refractivity contribution is -0.577. The van der Waals surface area contributed by atoms with Crippen molar-refractivity contribution in [3.8, 4) is 0 Å². The Kier molecular flexibility index (Phi) is 14.6. The summed E-state index contributed by atoms with van der Waals surface area (Å²) in [4.78, 5) is 92.9. The minimum atomic E-state index is -1.02. The molecule has 17 unspecified atom stereocenters. The van der Waals surface area contributed by atoms with Crippen LogP contribution in [0.1, 0.15) is 165 Å². The molecule has 11 fully saturated rings. The second-order valence-electron chi connectivity index (χ2n) is 23.8. The van der Waals surface area contributed by atoms with Crippen molar-refractivity contribution < 1.29 is 71.9 Å². The first-order chi connectivity index (χ1) is 35.6. The lowest BCUT2D eigenvalue weighted by Gasteiger charge is -2.60. The summed E-state index contributed by atoms with van der Waals surface area (Å²) in [6.07, 6.45) is 9.80. The zero-order valence-corrected chi connectivity index (χ0v) is 44.1. The van der Waals surface area contributed by atoms with Crippen molar-refractivity contribution in [1.29, 1.82) is 0 Å². The number of nitrogens with zero attached hydrogens (tertiary/aromatic N) is 2. The van der Waals surface area contributed by atoms with Gasteiger partial charge in [-0.05, 0) is 107 Å². The summed E-state index contributed by atoms with van der Waals surface area (Å²) in [7, 11) is 0. The first-order valence-corrected chi connectivity index (χ1v) is 28.1. The number of fused-ring (bicyclic) bond motifs is 5. The second-order valence-corrected chi connectivity index (χ2v) is 23.8. The number of anilines is 1. The number of imide groups is 2. The Hall–Kier alpha value is -3.63. The van der Waals surface area contributed by atoms with Crippen molar-refractivity contribution >= 4 is 35.2 Å². The van der Waals surface area contributed by atoms with Gasteiger partial charge in [0.25, 0.3) is 11.8 Å². The molecule has 5 amide bonds. The Balaban J connectivity index is 0.692. The Labute approximate surface area is 434 Å². The smallest absolute Gasteiger partial charge is 0.264 e. The minimum Gasteiger partial charge on any atom is -0.384 e. The van der Waals surface area contributed by atoms with E-state index in [2.05, 4.69) is 38.3 Å². The van der Waals surface area contributed by atoms with E-state index in [1.807, 2.05) is 18.7 Å². The number of benzene rings is 1. The van der Waals surface area contributed by atoms with E-state index in [0.717, 1.165) is 81.9 Å². The van der Waals surface area contributed by atoms with Gasteiger partial charge >= 0.3 is 0 Å². The molecule has 1 aromatic carbocycles. The molecule has 0 aromatic heterocycles. The highest BCUT2D eigenvalue weighted by Gasteiger charge is 2.71. The minimum absolute atomic E-state index is 0.00264. The van der Waals surface area contributed by atoms with Crippen LogP contribution in [0.5, 0.6) is 0 Å². The maximum absolute atomic E-state index is 14.2. The quantitative estimate of drug-likeness (QED) is 0.0853. The highest BCUT2D eigenvalue weighted by molar-refractivity contribution is 6.25. The van der Waals surface area contributed by atoms with E-state index in [-0.39, 0.29) is 78.6 Å². The molecule has 2 N–H and O–H groups in total. The average Bonchev–Trinajstić information content (AvgIpc) is 3.59. The molecule has 9 saturated heterocycles. The molecule has 74 heavy (non-hydrogen) atoms. The number of rotatable bonds is 18. The van der Waals surface area contributed by atoms with Crippen LogP contribution in [0.3, 0.4) is 0 Å². The van der Waals surface area contributed by atoms with Crippen molar-refractivity contribution in [2.75, 3.05) is 38.2 Å². The van der Waals surface area contributed by atoms with Crippen molar-refractivity contribution in [3.05, 3.63) is 29.3 Å². The Bertz CT molecular complexity index is 2240. The zero-order chi connectivity index (χ0) is 51.7. The maximum atomic E-state index is 14.2. The highest BCUT2D eigenvalue weighted by Crippen LogP contribution is 2.62. The van der Waals surface area contributed by atoms with Gasteiger partial charge in [0.2, 0.25) is 29.3 Å². The second kappa shape index (κ2) is 20.6.